The van der Waals surface area contributed by atoms with Gasteiger partial charge in [-0.05, 0) is 43.0 Å². The molecular formula is C27H32N2O3. The van der Waals surface area contributed by atoms with E-state index in [9.17, 15) is 9.59 Å². The smallest absolute Gasteiger partial charge is 0.242 e. The summed E-state index contributed by atoms with van der Waals surface area (Å²) in [5.41, 5.74) is 2.12. The zero-order valence-electron chi connectivity index (χ0n) is 18.9. The van der Waals surface area contributed by atoms with Gasteiger partial charge < -0.3 is 14.2 Å². The highest BCUT2D eigenvalue weighted by Gasteiger charge is 2.25. The molecule has 0 aliphatic carbocycles. The second-order valence-electron chi connectivity index (χ2n) is 8.07. The quantitative estimate of drug-likeness (QED) is 0.441. The van der Waals surface area contributed by atoms with Crippen molar-refractivity contribution in [1.82, 2.24) is 9.80 Å². The number of benzene rings is 2. The molecule has 0 radical (unpaired) electrons. The van der Waals surface area contributed by atoms with E-state index in [0.29, 0.717) is 19.5 Å². The maximum absolute atomic E-state index is 13.4. The second kappa shape index (κ2) is 11.9. The summed E-state index contributed by atoms with van der Waals surface area (Å²) < 4.78 is 5.49. The minimum Gasteiger partial charge on any atom is -0.467 e. The van der Waals surface area contributed by atoms with Gasteiger partial charge in [-0.25, -0.2) is 0 Å². The lowest BCUT2D eigenvalue weighted by atomic mass is 10.1. The van der Waals surface area contributed by atoms with Crippen LogP contribution in [0.2, 0.25) is 0 Å². The molecule has 0 bridgehead atoms. The summed E-state index contributed by atoms with van der Waals surface area (Å²) >= 11 is 0. The molecule has 1 aromatic heterocycles. The Balaban J connectivity index is 1.71. The lowest BCUT2D eigenvalue weighted by Crippen LogP contribution is -2.47. The Morgan fingerprint density at radius 2 is 1.53 bits per heavy atom. The van der Waals surface area contributed by atoms with Gasteiger partial charge in [-0.3, -0.25) is 9.59 Å². The molecule has 5 heteroatoms. The largest absolute Gasteiger partial charge is 0.467 e. The summed E-state index contributed by atoms with van der Waals surface area (Å²) in [5.74, 6) is 0.635. The first-order valence-electron chi connectivity index (χ1n) is 11.2. The van der Waals surface area contributed by atoms with Gasteiger partial charge in [0.1, 0.15) is 12.3 Å². The second-order valence-corrected chi connectivity index (χ2v) is 8.07. The van der Waals surface area contributed by atoms with E-state index < -0.39 is 0 Å². The van der Waals surface area contributed by atoms with E-state index in [-0.39, 0.29) is 24.4 Å². The van der Waals surface area contributed by atoms with Gasteiger partial charge in [-0.2, -0.15) is 0 Å². The van der Waals surface area contributed by atoms with Gasteiger partial charge >= 0.3 is 0 Å². The van der Waals surface area contributed by atoms with Gasteiger partial charge in [-0.15, -0.1) is 0 Å². The third-order valence-corrected chi connectivity index (χ3v) is 5.74. The number of hydrogen-bond acceptors (Lipinski definition) is 3. The van der Waals surface area contributed by atoms with Crippen LogP contribution in [0.1, 0.15) is 37.2 Å². The molecule has 32 heavy (non-hydrogen) atoms. The molecule has 0 aliphatic heterocycles. The van der Waals surface area contributed by atoms with Crippen molar-refractivity contribution in [1.29, 1.82) is 0 Å². The molecule has 0 saturated carbocycles. The predicted octanol–water partition coefficient (Wildman–Crippen LogP) is 4.72. The van der Waals surface area contributed by atoms with Crippen molar-refractivity contribution in [2.75, 3.05) is 13.1 Å². The zero-order chi connectivity index (χ0) is 22.8. The Labute approximate surface area is 190 Å². The lowest BCUT2D eigenvalue weighted by molar-refractivity contribution is -0.142. The highest BCUT2D eigenvalue weighted by atomic mass is 16.3. The molecule has 1 heterocycles. The zero-order valence-corrected chi connectivity index (χ0v) is 18.9. The third kappa shape index (κ3) is 6.84. The summed E-state index contributed by atoms with van der Waals surface area (Å²) in [5, 5.41) is 0. The summed E-state index contributed by atoms with van der Waals surface area (Å²) in [6, 6.07) is 23.5. The molecular weight excluding hydrogens is 400 g/mol. The van der Waals surface area contributed by atoms with Crippen LogP contribution in [0.25, 0.3) is 0 Å². The van der Waals surface area contributed by atoms with Gasteiger partial charge in [0.25, 0.3) is 0 Å². The fourth-order valence-corrected chi connectivity index (χ4v) is 3.62. The van der Waals surface area contributed by atoms with Gasteiger partial charge in [0.2, 0.25) is 11.8 Å². The third-order valence-electron chi connectivity index (χ3n) is 5.74. The maximum Gasteiger partial charge on any atom is 0.242 e. The van der Waals surface area contributed by atoms with E-state index in [1.54, 1.807) is 16.1 Å². The van der Waals surface area contributed by atoms with Crippen LogP contribution in [-0.4, -0.2) is 40.7 Å². The number of furan rings is 1. The Hall–Kier alpha value is -3.34. The van der Waals surface area contributed by atoms with Crippen LogP contribution in [0.5, 0.6) is 0 Å². The van der Waals surface area contributed by atoms with E-state index in [4.69, 9.17) is 4.42 Å². The molecule has 0 unspecified atom stereocenters. The molecule has 1 atom stereocenters. The number of rotatable bonds is 11. The number of nitrogens with zero attached hydrogens (tertiary/aromatic N) is 2. The van der Waals surface area contributed by atoms with Crippen LogP contribution in [0, 0.1) is 0 Å². The molecule has 0 fully saturated rings. The van der Waals surface area contributed by atoms with Gasteiger partial charge in [0.05, 0.1) is 19.2 Å². The van der Waals surface area contributed by atoms with Crippen LogP contribution in [0.3, 0.4) is 0 Å². The van der Waals surface area contributed by atoms with Crippen molar-refractivity contribution in [3.8, 4) is 0 Å². The number of carbonyl (C=O) groups is 2. The van der Waals surface area contributed by atoms with Crippen molar-refractivity contribution in [3.05, 3.63) is 95.9 Å². The van der Waals surface area contributed by atoms with Crippen LogP contribution in [0.15, 0.2) is 83.5 Å². The molecule has 0 saturated heterocycles. The summed E-state index contributed by atoms with van der Waals surface area (Å²) in [7, 11) is 0. The SMILES string of the molecule is CC[C@H](C)N(CC(=O)N(CCc1ccccc1)Cc1ccco1)C(=O)Cc1ccccc1. The Morgan fingerprint density at radius 3 is 2.12 bits per heavy atom. The average Bonchev–Trinajstić information content (AvgIpc) is 3.34. The molecule has 0 aliphatic rings. The monoisotopic (exact) mass is 432 g/mol. The number of carbonyl (C=O) groups excluding carboxylic acids is 2. The highest BCUT2D eigenvalue weighted by Crippen LogP contribution is 2.13. The van der Waals surface area contributed by atoms with E-state index >= 15 is 0 Å². The van der Waals surface area contributed by atoms with Crippen LogP contribution >= 0.6 is 0 Å². The Morgan fingerprint density at radius 1 is 0.875 bits per heavy atom. The van der Waals surface area contributed by atoms with Crippen LogP contribution in [-0.2, 0) is 29.0 Å². The first kappa shape index (κ1) is 23.3. The molecule has 0 N–H and O–H groups in total. The summed E-state index contributed by atoms with van der Waals surface area (Å²) in [6.45, 7) is 5.05. The summed E-state index contributed by atoms with van der Waals surface area (Å²) in [6.07, 6.45) is 3.44. The van der Waals surface area contributed by atoms with E-state index in [2.05, 4.69) is 12.1 Å². The molecule has 3 rings (SSSR count). The van der Waals surface area contributed by atoms with Crippen molar-refractivity contribution in [3.63, 3.8) is 0 Å². The van der Waals surface area contributed by atoms with Gasteiger partial charge in [-0.1, -0.05) is 67.6 Å². The summed E-state index contributed by atoms with van der Waals surface area (Å²) in [4.78, 5) is 30.0. The fraction of sp³-hybridized carbons (Fsp3) is 0.333. The number of hydrogen-bond donors (Lipinski definition) is 0. The molecule has 2 amide bonds. The predicted molar refractivity (Wildman–Crippen MR) is 126 cm³/mol. The fourth-order valence-electron chi connectivity index (χ4n) is 3.62. The topological polar surface area (TPSA) is 53.8 Å². The van der Waals surface area contributed by atoms with Crippen molar-refractivity contribution >= 4 is 11.8 Å². The van der Waals surface area contributed by atoms with E-state index in [1.165, 1.54) is 5.56 Å². The maximum atomic E-state index is 13.4. The molecule has 3 aromatic rings. The highest BCUT2D eigenvalue weighted by molar-refractivity contribution is 5.86. The Bertz CT molecular complexity index is 955. The lowest BCUT2D eigenvalue weighted by Gasteiger charge is -2.31. The minimum atomic E-state index is -0.0703. The van der Waals surface area contributed by atoms with Crippen LogP contribution < -0.4 is 0 Å². The molecule has 2 aromatic carbocycles. The number of amides is 2. The normalized spacial score (nSPS) is 11.7. The minimum absolute atomic E-state index is 0.0188. The Kier molecular flexibility index (Phi) is 8.67. The van der Waals surface area contributed by atoms with Crippen molar-refractivity contribution in [2.24, 2.45) is 0 Å². The van der Waals surface area contributed by atoms with E-state index in [0.717, 1.165) is 24.2 Å². The van der Waals surface area contributed by atoms with E-state index in [1.807, 2.05) is 74.5 Å². The van der Waals surface area contributed by atoms with Gasteiger partial charge in [0.15, 0.2) is 0 Å². The molecule has 5 nitrogen and oxygen atoms in total. The molecule has 168 valence electrons. The standard InChI is InChI=1S/C27H32N2O3/c1-3-22(2)29(26(30)19-24-13-8-5-9-14-24)21-27(31)28(20-25-15-10-18-32-25)17-16-23-11-6-4-7-12-23/h4-15,18,22H,3,16-17,19-21H2,1-2H3/t22-/m0/s1. The molecule has 0 spiro atoms. The first-order chi connectivity index (χ1) is 15.6. The first-order valence-corrected chi connectivity index (χ1v) is 11.2. The van der Waals surface area contributed by atoms with Gasteiger partial charge in [0, 0.05) is 12.6 Å². The average molecular weight is 433 g/mol. The van der Waals surface area contributed by atoms with Crippen molar-refractivity contribution < 1.29 is 14.0 Å². The van der Waals surface area contributed by atoms with Crippen molar-refractivity contribution in [2.45, 2.75) is 45.7 Å². The van der Waals surface area contributed by atoms with Crippen LogP contribution in [0.4, 0.5) is 0 Å².